The molecule has 0 aliphatic heterocycles. The molecule has 5 rings (SSSR count). The summed E-state index contributed by atoms with van der Waals surface area (Å²) in [5.74, 6) is 0.843. The minimum Gasteiger partial charge on any atom is -0.497 e. The van der Waals surface area contributed by atoms with Crippen molar-refractivity contribution in [2.45, 2.75) is 20.8 Å². The van der Waals surface area contributed by atoms with Crippen LogP contribution >= 0.6 is 0 Å². The van der Waals surface area contributed by atoms with E-state index in [-0.39, 0.29) is 0 Å². The highest BCUT2D eigenvalue weighted by atomic mass is 16.5. The van der Waals surface area contributed by atoms with Gasteiger partial charge >= 0.3 is 0 Å². The van der Waals surface area contributed by atoms with Crippen LogP contribution in [0.25, 0.3) is 22.9 Å². The van der Waals surface area contributed by atoms with Gasteiger partial charge in [-0.05, 0) is 101 Å². The topological polar surface area (TPSA) is 24.5 Å². The Morgan fingerprint density at radius 3 is 2.08 bits per heavy atom. The first kappa shape index (κ1) is 26.1. The minimum atomic E-state index is 0.843. The number of benzene rings is 5. The normalized spacial score (nSPS) is 10.9. The van der Waals surface area contributed by atoms with Gasteiger partial charge in [-0.25, -0.2) is 0 Å². The number of anilines is 3. The molecule has 0 aliphatic rings. The molecule has 3 nitrogen and oxygen atoms in total. The Hall–Kier alpha value is -4.50. The molecule has 0 fully saturated rings. The monoisotopic (exact) mass is 512 g/mol. The van der Waals surface area contributed by atoms with Crippen LogP contribution in [0.15, 0.2) is 103 Å². The third kappa shape index (κ3) is 5.39. The van der Waals surface area contributed by atoms with Gasteiger partial charge in [0.25, 0.3) is 0 Å². The molecule has 0 aliphatic carbocycles. The van der Waals surface area contributed by atoms with Crippen LogP contribution in [0.1, 0.15) is 30.5 Å². The van der Waals surface area contributed by atoms with Crippen molar-refractivity contribution in [3.63, 3.8) is 0 Å². The lowest BCUT2D eigenvalue weighted by molar-refractivity contribution is 0.415. The lowest BCUT2D eigenvalue weighted by Crippen LogP contribution is -2.22. The summed E-state index contributed by atoms with van der Waals surface area (Å²) >= 11 is 0. The van der Waals surface area contributed by atoms with Gasteiger partial charge in [0.05, 0.1) is 7.11 Å². The van der Waals surface area contributed by atoms with Crippen LogP contribution in [0.5, 0.6) is 5.75 Å². The van der Waals surface area contributed by atoms with E-state index in [9.17, 15) is 0 Å². The van der Waals surface area contributed by atoms with Crippen molar-refractivity contribution >= 4 is 40.0 Å². The Morgan fingerprint density at radius 1 is 0.769 bits per heavy atom. The second kappa shape index (κ2) is 11.5. The van der Waals surface area contributed by atoms with Crippen LogP contribution in [0.3, 0.4) is 0 Å². The Kier molecular flexibility index (Phi) is 7.69. The summed E-state index contributed by atoms with van der Waals surface area (Å²) in [5, 5.41) is 8.19. The zero-order chi connectivity index (χ0) is 27.4. The number of hydrogen-bond donors (Lipinski definition) is 1. The van der Waals surface area contributed by atoms with Crippen molar-refractivity contribution in [3.8, 4) is 5.75 Å². The van der Waals surface area contributed by atoms with Crippen LogP contribution in [-0.2, 0) is 0 Å². The maximum absolute atomic E-state index is 5.33. The molecule has 0 bridgehead atoms. The number of hydrogen-bond acceptors (Lipinski definition) is 3. The fourth-order valence-electron chi connectivity index (χ4n) is 5.30. The quantitative estimate of drug-likeness (QED) is 0.234. The number of ether oxygens (including phenoxy) is 1. The van der Waals surface area contributed by atoms with Crippen molar-refractivity contribution in [3.05, 3.63) is 130 Å². The van der Waals surface area contributed by atoms with Crippen molar-refractivity contribution in [1.29, 1.82) is 0 Å². The maximum atomic E-state index is 5.33. The third-order valence-electron chi connectivity index (χ3n) is 7.41. The highest BCUT2D eigenvalue weighted by Crippen LogP contribution is 2.36. The molecule has 196 valence electrons. The predicted molar refractivity (Wildman–Crippen MR) is 168 cm³/mol. The number of fused-ring (bicyclic) bond motifs is 1. The second-order valence-corrected chi connectivity index (χ2v) is 9.80. The Labute approximate surface area is 231 Å². The van der Waals surface area contributed by atoms with Crippen molar-refractivity contribution in [2.24, 2.45) is 0 Å². The highest BCUT2D eigenvalue weighted by Gasteiger charge is 2.15. The third-order valence-corrected chi connectivity index (χ3v) is 7.41. The van der Waals surface area contributed by atoms with E-state index in [2.05, 4.69) is 116 Å². The average Bonchev–Trinajstić information content (AvgIpc) is 2.97. The number of rotatable bonds is 8. The number of nitrogens with zero attached hydrogens (tertiary/aromatic N) is 1. The second-order valence-electron chi connectivity index (χ2n) is 9.80. The Bertz CT molecular complexity index is 1690. The van der Waals surface area contributed by atoms with Crippen molar-refractivity contribution in [1.82, 2.24) is 0 Å². The van der Waals surface area contributed by atoms with Gasteiger partial charge in [-0.3, -0.25) is 0 Å². The standard InChI is InChI=1S/C36H36N2O/c1-6-38(7-2)29-18-21-31(26(4)24-29)36(27-14-12-25(3)13-15-27)34-22-23-35(33-11-9-8-10-32(33)34)37-28-16-19-30(39-5)20-17-28/h8-24,37H,3,6-7H2,1-2,4-5H3. The van der Waals surface area contributed by atoms with E-state index in [0.29, 0.717) is 0 Å². The van der Waals surface area contributed by atoms with Gasteiger partial charge in [0.2, 0.25) is 0 Å². The van der Waals surface area contributed by atoms with Gasteiger partial charge in [-0.2, -0.15) is 0 Å². The molecular formula is C36H36N2O. The SMILES string of the molecule is C=c1ccc(=C(c2ccc(N(CC)CC)cc2C)c2ccc(Nc3ccc(OC)cc3)c3ccccc23)cc1. The number of aryl methyl sites for hydroxylation is 1. The fourth-order valence-corrected chi connectivity index (χ4v) is 5.30. The molecular weight excluding hydrogens is 476 g/mol. The molecule has 0 atom stereocenters. The van der Waals surface area contributed by atoms with Gasteiger partial charge in [-0.1, -0.05) is 67.2 Å². The average molecular weight is 513 g/mol. The fraction of sp³-hybridized carbons (Fsp3) is 0.167. The van der Waals surface area contributed by atoms with Gasteiger partial charge in [0, 0.05) is 35.5 Å². The van der Waals surface area contributed by atoms with Crippen molar-refractivity contribution < 1.29 is 4.74 Å². The molecule has 0 amide bonds. The molecule has 5 aromatic rings. The van der Waals surface area contributed by atoms with Gasteiger partial charge < -0.3 is 15.0 Å². The highest BCUT2D eigenvalue weighted by molar-refractivity contribution is 6.04. The number of nitrogens with one attached hydrogen (secondary N) is 1. The van der Waals surface area contributed by atoms with Crippen LogP contribution in [-0.4, -0.2) is 20.2 Å². The van der Waals surface area contributed by atoms with E-state index in [1.165, 1.54) is 43.9 Å². The summed E-state index contributed by atoms with van der Waals surface area (Å²) < 4.78 is 5.33. The zero-order valence-electron chi connectivity index (χ0n) is 23.3. The molecule has 0 saturated carbocycles. The molecule has 3 heteroatoms. The van der Waals surface area contributed by atoms with E-state index in [0.717, 1.165) is 35.4 Å². The first-order valence-electron chi connectivity index (χ1n) is 13.6. The molecule has 0 unspecified atom stereocenters. The summed E-state index contributed by atoms with van der Waals surface area (Å²) in [6.45, 7) is 12.7. The van der Waals surface area contributed by atoms with E-state index < -0.39 is 0 Å². The van der Waals surface area contributed by atoms with Gasteiger partial charge in [0.1, 0.15) is 5.75 Å². The Morgan fingerprint density at radius 2 is 1.44 bits per heavy atom. The van der Waals surface area contributed by atoms with Crippen molar-refractivity contribution in [2.75, 3.05) is 30.4 Å². The molecule has 5 aromatic carbocycles. The van der Waals surface area contributed by atoms with E-state index >= 15 is 0 Å². The smallest absolute Gasteiger partial charge is 0.119 e. The zero-order valence-corrected chi connectivity index (χ0v) is 23.3. The molecule has 1 N–H and O–H groups in total. The van der Waals surface area contributed by atoms with Gasteiger partial charge in [-0.15, -0.1) is 0 Å². The van der Waals surface area contributed by atoms with Gasteiger partial charge in [0.15, 0.2) is 0 Å². The first-order valence-corrected chi connectivity index (χ1v) is 13.6. The number of methoxy groups -OCH3 is 1. The lowest BCUT2D eigenvalue weighted by atomic mass is 9.88. The van der Waals surface area contributed by atoms with E-state index in [1.807, 2.05) is 24.3 Å². The minimum absolute atomic E-state index is 0.843. The largest absolute Gasteiger partial charge is 0.497 e. The summed E-state index contributed by atoms with van der Waals surface area (Å²) in [6, 6.07) is 36.5. The molecule has 0 heterocycles. The van der Waals surface area contributed by atoms with Crippen LogP contribution in [0.2, 0.25) is 0 Å². The summed E-state index contributed by atoms with van der Waals surface area (Å²) in [4.78, 5) is 2.39. The maximum Gasteiger partial charge on any atom is 0.119 e. The first-order chi connectivity index (χ1) is 19.0. The van der Waals surface area contributed by atoms with Crippen LogP contribution in [0, 0.1) is 6.92 Å². The molecule has 39 heavy (non-hydrogen) atoms. The molecule has 0 radical (unpaired) electrons. The molecule has 0 spiro atoms. The summed E-state index contributed by atoms with van der Waals surface area (Å²) in [5.41, 5.74) is 8.29. The lowest BCUT2D eigenvalue weighted by Gasteiger charge is -2.23. The Balaban J connectivity index is 1.70. The predicted octanol–water partition coefficient (Wildman–Crippen LogP) is 7.40. The van der Waals surface area contributed by atoms with Crippen LogP contribution in [0.4, 0.5) is 17.1 Å². The molecule has 0 aromatic heterocycles. The molecule has 0 saturated heterocycles. The van der Waals surface area contributed by atoms with Crippen LogP contribution < -0.4 is 25.4 Å². The van der Waals surface area contributed by atoms with E-state index in [4.69, 9.17) is 4.74 Å². The summed E-state index contributed by atoms with van der Waals surface area (Å²) in [6.07, 6.45) is 0. The summed E-state index contributed by atoms with van der Waals surface area (Å²) in [7, 11) is 1.69. The van der Waals surface area contributed by atoms with E-state index in [1.54, 1.807) is 7.11 Å².